The van der Waals surface area contributed by atoms with Crippen LogP contribution < -0.4 is 5.73 Å². The lowest BCUT2D eigenvalue weighted by Crippen LogP contribution is -2.06. The van der Waals surface area contributed by atoms with Crippen molar-refractivity contribution >= 4 is 17.3 Å². The van der Waals surface area contributed by atoms with Gasteiger partial charge in [0.2, 0.25) is 0 Å². The number of nitrogens with two attached hydrogens (primary N) is 1. The van der Waals surface area contributed by atoms with Crippen LogP contribution in [0.2, 0.25) is 5.02 Å². The number of benzene rings is 2. The Hall–Kier alpha value is -1.51. The zero-order chi connectivity index (χ0) is 14.2. The van der Waals surface area contributed by atoms with Gasteiger partial charge in [-0.05, 0) is 55.2 Å². The molecule has 0 aliphatic carbocycles. The smallest absolute Gasteiger partial charge is 0.106 e. The Morgan fingerprint density at radius 3 is 2.21 bits per heavy atom. The first kappa shape index (κ1) is 13.9. The molecule has 0 radical (unpaired) electrons. The van der Waals surface area contributed by atoms with Crippen molar-refractivity contribution in [3.8, 4) is 0 Å². The highest BCUT2D eigenvalue weighted by Crippen LogP contribution is 2.31. The number of nitrogen functional groups attached to an aromatic ring is 1. The second-order valence-corrected chi connectivity index (χ2v) is 5.41. The fourth-order valence-electron chi connectivity index (χ4n) is 2.24. The summed E-state index contributed by atoms with van der Waals surface area (Å²) in [7, 11) is 0. The van der Waals surface area contributed by atoms with Gasteiger partial charge in [-0.3, -0.25) is 0 Å². The minimum atomic E-state index is -0.725. The molecule has 100 valence electrons. The number of aliphatic hydroxyl groups excluding tert-OH is 1. The molecule has 19 heavy (non-hydrogen) atoms. The van der Waals surface area contributed by atoms with Gasteiger partial charge in [0.05, 0.1) is 0 Å². The summed E-state index contributed by atoms with van der Waals surface area (Å²) in [6.45, 7) is 6.10. The van der Waals surface area contributed by atoms with Crippen LogP contribution in [0.3, 0.4) is 0 Å². The lowest BCUT2D eigenvalue weighted by atomic mass is 9.93. The van der Waals surface area contributed by atoms with Gasteiger partial charge in [0, 0.05) is 16.3 Å². The van der Waals surface area contributed by atoms with Crippen molar-refractivity contribution in [1.82, 2.24) is 0 Å². The molecule has 1 atom stereocenters. The summed E-state index contributed by atoms with van der Waals surface area (Å²) in [5.74, 6) is 0. The molecule has 2 rings (SSSR count). The van der Waals surface area contributed by atoms with Crippen LogP contribution in [0.25, 0.3) is 0 Å². The number of hydrogen-bond acceptors (Lipinski definition) is 2. The van der Waals surface area contributed by atoms with Crippen molar-refractivity contribution in [2.45, 2.75) is 26.9 Å². The Kier molecular flexibility index (Phi) is 3.83. The maximum Gasteiger partial charge on any atom is 0.106 e. The summed E-state index contributed by atoms with van der Waals surface area (Å²) in [5.41, 5.74) is 11.5. The molecule has 2 nitrogen and oxygen atoms in total. The van der Waals surface area contributed by atoms with E-state index in [4.69, 9.17) is 17.3 Å². The summed E-state index contributed by atoms with van der Waals surface area (Å²) >= 11 is 5.88. The predicted molar refractivity (Wildman–Crippen MR) is 80.6 cm³/mol. The van der Waals surface area contributed by atoms with Crippen molar-refractivity contribution in [1.29, 1.82) is 0 Å². The monoisotopic (exact) mass is 275 g/mol. The van der Waals surface area contributed by atoms with Gasteiger partial charge in [-0.2, -0.15) is 0 Å². The molecule has 0 fully saturated rings. The average Bonchev–Trinajstić information content (AvgIpc) is 2.33. The fourth-order valence-corrected chi connectivity index (χ4v) is 2.42. The first-order chi connectivity index (χ1) is 8.90. The summed E-state index contributed by atoms with van der Waals surface area (Å²) in [6, 6.07) is 9.28. The third-order valence-corrected chi connectivity index (χ3v) is 3.76. The van der Waals surface area contributed by atoms with E-state index < -0.39 is 6.10 Å². The first-order valence-corrected chi connectivity index (χ1v) is 6.58. The second-order valence-electron chi connectivity index (χ2n) is 4.97. The number of anilines is 1. The van der Waals surface area contributed by atoms with E-state index in [9.17, 15) is 5.11 Å². The van der Waals surface area contributed by atoms with Gasteiger partial charge in [0.25, 0.3) is 0 Å². The van der Waals surface area contributed by atoms with Crippen LogP contribution in [0.4, 0.5) is 5.69 Å². The summed E-state index contributed by atoms with van der Waals surface area (Å²) in [4.78, 5) is 0. The van der Waals surface area contributed by atoms with Gasteiger partial charge < -0.3 is 10.8 Å². The number of hydrogen-bond donors (Lipinski definition) is 2. The van der Waals surface area contributed by atoms with Gasteiger partial charge in [0.1, 0.15) is 6.10 Å². The van der Waals surface area contributed by atoms with E-state index in [1.54, 1.807) is 18.2 Å². The van der Waals surface area contributed by atoms with Gasteiger partial charge in [-0.25, -0.2) is 0 Å². The standard InChI is InChI=1S/C16H18ClNO/c1-9-6-11(3)14(7-10(9)2)16(19)13-5-4-12(17)8-15(13)18/h4-8,16,19H,18H2,1-3H3. The van der Waals surface area contributed by atoms with E-state index in [1.165, 1.54) is 5.56 Å². The molecule has 3 heteroatoms. The molecule has 0 bridgehead atoms. The van der Waals surface area contributed by atoms with Gasteiger partial charge in [-0.15, -0.1) is 0 Å². The van der Waals surface area contributed by atoms with Crippen molar-refractivity contribution in [2.75, 3.05) is 5.73 Å². The Morgan fingerprint density at radius 1 is 0.947 bits per heavy atom. The normalized spacial score (nSPS) is 12.5. The highest BCUT2D eigenvalue weighted by atomic mass is 35.5. The Morgan fingerprint density at radius 2 is 1.58 bits per heavy atom. The maximum absolute atomic E-state index is 10.5. The average molecular weight is 276 g/mol. The van der Waals surface area contributed by atoms with Crippen molar-refractivity contribution in [3.63, 3.8) is 0 Å². The van der Waals surface area contributed by atoms with Crippen LogP contribution in [0.5, 0.6) is 0 Å². The third kappa shape index (κ3) is 2.75. The van der Waals surface area contributed by atoms with Crippen LogP contribution in [0.1, 0.15) is 33.9 Å². The molecule has 0 aliphatic heterocycles. The summed E-state index contributed by atoms with van der Waals surface area (Å²) < 4.78 is 0. The van der Waals surface area contributed by atoms with E-state index in [0.29, 0.717) is 16.3 Å². The quantitative estimate of drug-likeness (QED) is 0.816. The molecule has 0 amide bonds. The number of aliphatic hydroxyl groups is 1. The molecular weight excluding hydrogens is 258 g/mol. The molecule has 3 N–H and O–H groups in total. The zero-order valence-electron chi connectivity index (χ0n) is 11.4. The van der Waals surface area contributed by atoms with Crippen molar-refractivity contribution in [2.24, 2.45) is 0 Å². The van der Waals surface area contributed by atoms with Crippen LogP contribution in [0.15, 0.2) is 30.3 Å². The SMILES string of the molecule is Cc1cc(C)c(C(O)c2ccc(Cl)cc2N)cc1C. The molecule has 2 aromatic rings. The van der Waals surface area contributed by atoms with Crippen molar-refractivity contribution in [3.05, 3.63) is 63.2 Å². The second kappa shape index (κ2) is 5.24. The molecule has 0 aliphatic rings. The molecule has 1 unspecified atom stereocenters. The van der Waals surface area contributed by atoms with Gasteiger partial charge in [-0.1, -0.05) is 29.8 Å². The van der Waals surface area contributed by atoms with E-state index >= 15 is 0 Å². The molecule has 0 heterocycles. The van der Waals surface area contributed by atoms with Crippen LogP contribution in [0, 0.1) is 20.8 Å². The topological polar surface area (TPSA) is 46.2 Å². The number of aryl methyl sites for hydroxylation is 3. The Balaban J connectivity index is 2.49. The largest absolute Gasteiger partial charge is 0.398 e. The highest BCUT2D eigenvalue weighted by molar-refractivity contribution is 6.30. The number of rotatable bonds is 2. The van der Waals surface area contributed by atoms with E-state index in [2.05, 4.69) is 13.0 Å². The highest BCUT2D eigenvalue weighted by Gasteiger charge is 2.16. The molecule has 0 aromatic heterocycles. The maximum atomic E-state index is 10.5. The Bertz CT molecular complexity index is 622. The summed E-state index contributed by atoms with van der Waals surface area (Å²) in [6.07, 6.45) is -0.725. The van der Waals surface area contributed by atoms with Crippen LogP contribution >= 0.6 is 11.6 Å². The third-order valence-electron chi connectivity index (χ3n) is 3.52. The van der Waals surface area contributed by atoms with Gasteiger partial charge in [0.15, 0.2) is 0 Å². The predicted octanol–water partition coefficient (Wildman–Crippen LogP) is 3.93. The molecule has 0 saturated heterocycles. The van der Waals surface area contributed by atoms with Gasteiger partial charge >= 0.3 is 0 Å². The van der Waals surface area contributed by atoms with Crippen molar-refractivity contribution < 1.29 is 5.11 Å². The minimum absolute atomic E-state index is 0.512. The Labute approximate surface area is 118 Å². The molecular formula is C16H18ClNO. The minimum Gasteiger partial charge on any atom is -0.398 e. The van der Waals surface area contributed by atoms with E-state index in [1.807, 2.05) is 19.9 Å². The fraction of sp³-hybridized carbons (Fsp3) is 0.250. The van der Waals surface area contributed by atoms with Crippen LogP contribution in [-0.2, 0) is 0 Å². The van der Waals surface area contributed by atoms with E-state index in [-0.39, 0.29) is 0 Å². The van der Waals surface area contributed by atoms with Crippen LogP contribution in [-0.4, -0.2) is 5.11 Å². The lowest BCUT2D eigenvalue weighted by Gasteiger charge is -2.18. The summed E-state index contributed by atoms with van der Waals surface area (Å²) in [5, 5.41) is 11.1. The molecule has 2 aromatic carbocycles. The first-order valence-electron chi connectivity index (χ1n) is 6.21. The zero-order valence-corrected chi connectivity index (χ0v) is 12.1. The van der Waals surface area contributed by atoms with E-state index in [0.717, 1.165) is 16.7 Å². The number of halogens is 1. The lowest BCUT2D eigenvalue weighted by molar-refractivity contribution is 0.220. The molecule has 0 spiro atoms. The molecule has 0 saturated carbocycles.